The molecule has 0 aliphatic carbocycles. The Hall–Kier alpha value is -1.87. The van der Waals surface area contributed by atoms with Gasteiger partial charge in [-0.3, -0.25) is 0 Å². The predicted octanol–water partition coefficient (Wildman–Crippen LogP) is 2.21. The summed E-state index contributed by atoms with van der Waals surface area (Å²) in [5.74, 6) is 0. The highest BCUT2D eigenvalue weighted by molar-refractivity contribution is 6.05. The molecule has 0 unspecified atom stereocenters. The number of H-pyrrole nitrogens is 1. The maximum atomic E-state index is 9.06. The first-order chi connectivity index (χ1) is 7.38. The number of rotatable bonds is 1. The number of fused-ring (bicyclic) bond motifs is 3. The van der Waals surface area contributed by atoms with Crippen LogP contribution < -0.4 is 0 Å². The summed E-state index contributed by atoms with van der Waals surface area (Å²) in [5.41, 5.74) is 2.79. The Morgan fingerprint density at radius 1 is 1.20 bits per heavy atom. The van der Waals surface area contributed by atoms with Crippen LogP contribution >= 0.6 is 0 Å². The first-order valence-corrected chi connectivity index (χ1v) is 4.84. The molecule has 3 heteroatoms. The molecule has 0 atom stereocenters. The molecule has 2 heterocycles. The average Bonchev–Trinajstić information content (AvgIpc) is 2.66. The maximum Gasteiger partial charge on any atom is 0.138 e. The zero-order valence-corrected chi connectivity index (χ0v) is 8.07. The molecule has 74 valence electrons. The second-order valence-corrected chi connectivity index (χ2v) is 3.57. The molecule has 2 N–H and O–H groups in total. The molecule has 0 amide bonds. The van der Waals surface area contributed by atoms with Gasteiger partial charge in [-0.2, -0.15) is 0 Å². The molecule has 0 radical (unpaired) electrons. The van der Waals surface area contributed by atoms with Crippen molar-refractivity contribution >= 4 is 21.9 Å². The van der Waals surface area contributed by atoms with Crippen LogP contribution in [0.1, 0.15) is 5.56 Å². The normalized spacial score (nSPS) is 11.3. The van der Waals surface area contributed by atoms with Crippen molar-refractivity contribution in [2.45, 2.75) is 6.61 Å². The van der Waals surface area contributed by atoms with Crippen molar-refractivity contribution in [3.05, 3.63) is 42.1 Å². The van der Waals surface area contributed by atoms with E-state index in [4.69, 9.17) is 5.11 Å². The molecule has 0 fully saturated rings. The number of nitrogens with zero attached hydrogens (tertiary/aromatic N) is 1. The minimum absolute atomic E-state index is 0.0302. The Bertz CT molecular complexity index is 628. The zero-order chi connectivity index (χ0) is 10.3. The first kappa shape index (κ1) is 8.44. The summed E-state index contributed by atoms with van der Waals surface area (Å²) in [6.45, 7) is 0.0302. The fraction of sp³-hybridized carbons (Fsp3) is 0.0833. The molecule has 3 aromatic rings. The Morgan fingerprint density at radius 3 is 2.93 bits per heavy atom. The van der Waals surface area contributed by atoms with E-state index in [2.05, 4.69) is 16.0 Å². The van der Waals surface area contributed by atoms with E-state index in [1.807, 2.05) is 24.3 Å². The number of aliphatic hydroxyl groups excluding tert-OH is 1. The smallest absolute Gasteiger partial charge is 0.138 e. The lowest BCUT2D eigenvalue weighted by atomic mass is 10.1. The van der Waals surface area contributed by atoms with Crippen molar-refractivity contribution < 1.29 is 5.11 Å². The third-order valence-electron chi connectivity index (χ3n) is 2.60. The highest BCUT2D eigenvalue weighted by Gasteiger charge is 2.04. The quantitative estimate of drug-likeness (QED) is 0.629. The molecule has 0 saturated carbocycles. The molecule has 2 aromatic heterocycles. The number of aliphatic hydroxyl groups is 1. The molecule has 0 bridgehead atoms. The number of benzene rings is 1. The first-order valence-electron chi connectivity index (χ1n) is 4.84. The van der Waals surface area contributed by atoms with Crippen molar-refractivity contribution in [1.82, 2.24) is 9.97 Å². The Morgan fingerprint density at radius 2 is 2.07 bits per heavy atom. The van der Waals surface area contributed by atoms with Crippen LogP contribution in [0.15, 0.2) is 36.5 Å². The third kappa shape index (κ3) is 1.21. The lowest BCUT2D eigenvalue weighted by Gasteiger charge is -1.94. The Labute approximate surface area is 86.4 Å². The lowest BCUT2D eigenvalue weighted by Crippen LogP contribution is -1.84. The number of nitrogens with one attached hydrogen (secondary N) is 1. The van der Waals surface area contributed by atoms with Crippen molar-refractivity contribution in [2.24, 2.45) is 0 Å². The molecular weight excluding hydrogens is 188 g/mol. The zero-order valence-electron chi connectivity index (χ0n) is 8.07. The molecule has 1 aromatic carbocycles. The minimum atomic E-state index is 0.0302. The van der Waals surface area contributed by atoms with E-state index in [0.717, 1.165) is 27.5 Å². The monoisotopic (exact) mass is 198 g/mol. The second-order valence-electron chi connectivity index (χ2n) is 3.57. The van der Waals surface area contributed by atoms with E-state index in [0.29, 0.717) is 0 Å². The van der Waals surface area contributed by atoms with Gasteiger partial charge < -0.3 is 10.1 Å². The van der Waals surface area contributed by atoms with Crippen molar-refractivity contribution in [3.8, 4) is 0 Å². The maximum absolute atomic E-state index is 9.06. The summed E-state index contributed by atoms with van der Waals surface area (Å²) in [6.07, 6.45) is 1.69. The molecule has 0 aliphatic heterocycles. The Balaban J connectivity index is 2.46. The highest BCUT2D eigenvalue weighted by atomic mass is 16.3. The standard InChI is InChI=1S/C12H10N2O/c15-7-8-5-10-9-3-1-2-4-11(9)14-12(10)13-6-8/h1-6,15H,7H2,(H,13,14). The van der Waals surface area contributed by atoms with E-state index >= 15 is 0 Å². The largest absolute Gasteiger partial charge is 0.392 e. The highest BCUT2D eigenvalue weighted by Crippen LogP contribution is 2.24. The summed E-state index contributed by atoms with van der Waals surface area (Å²) in [4.78, 5) is 7.51. The van der Waals surface area contributed by atoms with Crippen LogP contribution in [0.3, 0.4) is 0 Å². The van der Waals surface area contributed by atoms with Crippen LogP contribution in [-0.2, 0) is 6.61 Å². The van der Waals surface area contributed by atoms with E-state index < -0.39 is 0 Å². The van der Waals surface area contributed by atoms with Gasteiger partial charge in [0, 0.05) is 22.5 Å². The van der Waals surface area contributed by atoms with Gasteiger partial charge in [-0.15, -0.1) is 0 Å². The van der Waals surface area contributed by atoms with Gasteiger partial charge in [-0.05, 0) is 17.7 Å². The summed E-state index contributed by atoms with van der Waals surface area (Å²) in [5, 5.41) is 11.3. The van der Waals surface area contributed by atoms with E-state index in [1.165, 1.54) is 0 Å². The molecule has 0 spiro atoms. The molecule has 15 heavy (non-hydrogen) atoms. The number of hydrogen-bond donors (Lipinski definition) is 2. The molecule has 3 rings (SSSR count). The van der Waals surface area contributed by atoms with Gasteiger partial charge in [0.15, 0.2) is 0 Å². The second kappa shape index (κ2) is 3.07. The van der Waals surface area contributed by atoms with Gasteiger partial charge in [0.25, 0.3) is 0 Å². The molecule has 0 saturated heterocycles. The molecular formula is C12H10N2O. The van der Waals surface area contributed by atoms with Crippen LogP contribution in [0, 0.1) is 0 Å². The van der Waals surface area contributed by atoms with Crippen LogP contribution in [0.4, 0.5) is 0 Å². The van der Waals surface area contributed by atoms with Gasteiger partial charge in [-0.1, -0.05) is 18.2 Å². The van der Waals surface area contributed by atoms with Crippen LogP contribution in [0.5, 0.6) is 0 Å². The number of para-hydroxylation sites is 1. The SMILES string of the molecule is OCc1cnc2[nH]c3ccccc3c2c1. The molecule has 0 aliphatic rings. The summed E-state index contributed by atoms with van der Waals surface area (Å²) < 4.78 is 0. The van der Waals surface area contributed by atoms with Crippen molar-refractivity contribution in [1.29, 1.82) is 0 Å². The van der Waals surface area contributed by atoms with Gasteiger partial charge >= 0.3 is 0 Å². The summed E-state index contributed by atoms with van der Waals surface area (Å²) in [7, 11) is 0. The number of pyridine rings is 1. The Kier molecular flexibility index (Phi) is 1.73. The minimum Gasteiger partial charge on any atom is -0.392 e. The van der Waals surface area contributed by atoms with Gasteiger partial charge in [-0.25, -0.2) is 4.98 Å². The lowest BCUT2D eigenvalue weighted by molar-refractivity contribution is 0.281. The van der Waals surface area contributed by atoms with Gasteiger partial charge in [0.1, 0.15) is 5.65 Å². The topological polar surface area (TPSA) is 48.9 Å². The molecule has 3 nitrogen and oxygen atoms in total. The van der Waals surface area contributed by atoms with E-state index in [-0.39, 0.29) is 6.61 Å². The third-order valence-corrected chi connectivity index (χ3v) is 2.60. The fourth-order valence-corrected chi connectivity index (χ4v) is 1.85. The number of aromatic nitrogens is 2. The van der Waals surface area contributed by atoms with Gasteiger partial charge in [0.05, 0.1) is 6.61 Å². The predicted molar refractivity (Wildman–Crippen MR) is 59.5 cm³/mol. The van der Waals surface area contributed by atoms with Gasteiger partial charge in [0.2, 0.25) is 0 Å². The average molecular weight is 198 g/mol. The van der Waals surface area contributed by atoms with Crippen LogP contribution in [0.25, 0.3) is 21.9 Å². The number of aromatic amines is 1. The fourth-order valence-electron chi connectivity index (χ4n) is 1.85. The van der Waals surface area contributed by atoms with E-state index in [1.54, 1.807) is 6.20 Å². The van der Waals surface area contributed by atoms with Crippen molar-refractivity contribution in [2.75, 3.05) is 0 Å². The van der Waals surface area contributed by atoms with Crippen LogP contribution in [0.2, 0.25) is 0 Å². The van der Waals surface area contributed by atoms with E-state index in [9.17, 15) is 0 Å². The van der Waals surface area contributed by atoms with Crippen molar-refractivity contribution in [3.63, 3.8) is 0 Å². The van der Waals surface area contributed by atoms with Crippen LogP contribution in [-0.4, -0.2) is 15.1 Å². The number of hydrogen-bond acceptors (Lipinski definition) is 2. The summed E-state index contributed by atoms with van der Waals surface area (Å²) >= 11 is 0. The summed E-state index contributed by atoms with van der Waals surface area (Å²) in [6, 6.07) is 10.0.